The Morgan fingerprint density at radius 1 is 1.47 bits per heavy atom. The van der Waals surface area contributed by atoms with Gasteiger partial charge in [0.15, 0.2) is 6.04 Å². The van der Waals surface area contributed by atoms with Gasteiger partial charge in [-0.3, -0.25) is 4.79 Å². The van der Waals surface area contributed by atoms with Crippen LogP contribution in [0, 0.1) is 5.82 Å². The number of esters is 1. The molecule has 0 heterocycles. The van der Waals surface area contributed by atoms with E-state index in [1.54, 1.807) is 0 Å². The van der Waals surface area contributed by atoms with Crippen molar-refractivity contribution in [3.8, 4) is 5.75 Å². The minimum Gasteiger partial charge on any atom is -0.491 e. The number of hydrogen-bond donors (Lipinski definition) is 1. The Morgan fingerprint density at radius 3 is 2.68 bits per heavy atom. The molecule has 0 saturated carbocycles. The van der Waals surface area contributed by atoms with E-state index >= 15 is 0 Å². The molecule has 19 heavy (non-hydrogen) atoms. The number of nitrogens with one attached hydrogen (secondary N) is 1. The van der Waals surface area contributed by atoms with Crippen molar-refractivity contribution in [1.82, 2.24) is 5.32 Å². The van der Waals surface area contributed by atoms with Crippen LogP contribution >= 0.6 is 15.9 Å². The highest BCUT2D eigenvalue weighted by Gasteiger charge is 2.21. The first-order valence-corrected chi connectivity index (χ1v) is 6.16. The summed E-state index contributed by atoms with van der Waals surface area (Å²) in [6, 6.07) is 3.26. The van der Waals surface area contributed by atoms with Crippen LogP contribution in [0.4, 0.5) is 4.39 Å². The predicted octanol–water partition coefficient (Wildman–Crippen LogP) is 1.64. The molecule has 1 aromatic carbocycles. The van der Waals surface area contributed by atoms with Crippen molar-refractivity contribution in [3.05, 3.63) is 28.5 Å². The standard InChI is InChI=1S/C12H13BrFNO4/c1-7(16)15-11(12(17)18-2)6-19-8-3-4-9(13)10(14)5-8/h3-5,11H,6H2,1-2H3,(H,15,16). The van der Waals surface area contributed by atoms with Crippen molar-refractivity contribution in [2.75, 3.05) is 13.7 Å². The second kappa shape index (κ2) is 7.08. The fourth-order valence-electron chi connectivity index (χ4n) is 1.30. The van der Waals surface area contributed by atoms with Gasteiger partial charge in [-0.15, -0.1) is 0 Å². The van der Waals surface area contributed by atoms with Crippen molar-refractivity contribution in [2.24, 2.45) is 0 Å². The minimum atomic E-state index is -0.936. The molecule has 1 amide bonds. The van der Waals surface area contributed by atoms with Gasteiger partial charge in [0.2, 0.25) is 5.91 Å². The van der Waals surface area contributed by atoms with Crippen LogP contribution in [0.25, 0.3) is 0 Å². The zero-order valence-electron chi connectivity index (χ0n) is 10.4. The van der Waals surface area contributed by atoms with Gasteiger partial charge in [0.25, 0.3) is 0 Å². The molecular formula is C12H13BrFNO4. The lowest BCUT2D eigenvalue weighted by Gasteiger charge is -2.16. The largest absolute Gasteiger partial charge is 0.491 e. The van der Waals surface area contributed by atoms with Gasteiger partial charge in [-0.1, -0.05) is 0 Å². The molecule has 0 fully saturated rings. The van der Waals surface area contributed by atoms with Crippen molar-refractivity contribution in [3.63, 3.8) is 0 Å². The molecule has 0 aromatic heterocycles. The van der Waals surface area contributed by atoms with E-state index in [1.807, 2.05) is 0 Å². The Balaban J connectivity index is 2.67. The average molecular weight is 334 g/mol. The zero-order chi connectivity index (χ0) is 14.4. The maximum atomic E-state index is 13.3. The molecular weight excluding hydrogens is 321 g/mol. The second-order valence-corrected chi connectivity index (χ2v) is 4.52. The summed E-state index contributed by atoms with van der Waals surface area (Å²) in [4.78, 5) is 22.3. The highest BCUT2D eigenvalue weighted by molar-refractivity contribution is 9.10. The molecule has 7 heteroatoms. The molecule has 1 N–H and O–H groups in total. The summed E-state index contributed by atoms with van der Waals surface area (Å²) < 4.78 is 23.3. The lowest BCUT2D eigenvalue weighted by molar-refractivity contribution is -0.145. The van der Waals surface area contributed by atoms with Gasteiger partial charge < -0.3 is 14.8 Å². The fraction of sp³-hybridized carbons (Fsp3) is 0.333. The van der Waals surface area contributed by atoms with Crippen molar-refractivity contribution < 1.29 is 23.5 Å². The van der Waals surface area contributed by atoms with E-state index in [0.29, 0.717) is 4.47 Å². The Bertz CT molecular complexity index is 481. The maximum absolute atomic E-state index is 13.3. The van der Waals surface area contributed by atoms with Gasteiger partial charge in [0.05, 0.1) is 11.6 Å². The van der Waals surface area contributed by atoms with Gasteiger partial charge in [0, 0.05) is 13.0 Å². The maximum Gasteiger partial charge on any atom is 0.331 e. The third-order valence-electron chi connectivity index (χ3n) is 2.17. The quantitative estimate of drug-likeness (QED) is 0.832. The molecule has 0 aliphatic heterocycles. The lowest BCUT2D eigenvalue weighted by atomic mass is 10.3. The Labute approximate surface area is 118 Å². The first-order chi connectivity index (χ1) is 8.93. The van der Waals surface area contributed by atoms with Crippen molar-refractivity contribution in [2.45, 2.75) is 13.0 Å². The van der Waals surface area contributed by atoms with Crippen LogP contribution in [0.1, 0.15) is 6.92 Å². The Kier molecular flexibility index (Phi) is 5.75. The van der Waals surface area contributed by atoms with Crippen LogP contribution in [-0.4, -0.2) is 31.6 Å². The third kappa shape index (κ3) is 4.86. The van der Waals surface area contributed by atoms with E-state index < -0.39 is 17.8 Å². The van der Waals surface area contributed by atoms with Crippen molar-refractivity contribution in [1.29, 1.82) is 0 Å². The molecule has 1 atom stereocenters. The summed E-state index contributed by atoms with van der Waals surface area (Å²) in [5.74, 6) is -1.25. The molecule has 0 aliphatic carbocycles. The first kappa shape index (κ1) is 15.4. The monoisotopic (exact) mass is 333 g/mol. The fourth-order valence-corrected chi connectivity index (χ4v) is 1.55. The van der Waals surface area contributed by atoms with E-state index in [0.717, 1.165) is 0 Å². The smallest absolute Gasteiger partial charge is 0.331 e. The van der Waals surface area contributed by atoms with Gasteiger partial charge in [-0.2, -0.15) is 0 Å². The summed E-state index contributed by atoms with van der Waals surface area (Å²) in [5, 5.41) is 2.39. The number of amides is 1. The Morgan fingerprint density at radius 2 is 2.16 bits per heavy atom. The molecule has 1 aromatic rings. The number of rotatable bonds is 5. The normalized spacial score (nSPS) is 11.6. The van der Waals surface area contributed by atoms with Gasteiger partial charge in [-0.05, 0) is 28.1 Å². The molecule has 104 valence electrons. The topological polar surface area (TPSA) is 64.6 Å². The van der Waals surface area contributed by atoms with E-state index in [9.17, 15) is 14.0 Å². The van der Waals surface area contributed by atoms with E-state index in [2.05, 4.69) is 26.0 Å². The van der Waals surface area contributed by atoms with E-state index in [1.165, 1.54) is 32.2 Å². The Hall–Kier alpha value is -1.63. The van der Waals surface area contributed by atoms with Crippen LogP contribution < -0.4 is 10.1 Å². The van der Waals surface area contributed by atoms with E-state index in [4.69, 9.17) is 4.74 Å². The van der Waals surface area contributed by atoms with Crippen molar-refractivity contribution >= 4 is 27.8 Å². The average Bonchev–Trinajstić information content (AvgIpc) is 2.37. The van der Waals surface area contributed by atoms with Crippen LogP contribution in [0.5, 0.6) is 5.75 Å². The molecule has 0 bridgehead atoms. The lowest BCUT2D eigenvalue weighted by Crippen LogP contribution is -2.44. The predicted molar refractivity (Wildman–Crippen MR) is 69.2 cm³/mol. The first-order valence-electron chi connectivity index (χ1n) is 5.37. The minimum absolute atomic E-state index is 0.146. The summed E-state index contributed by atoms with van der Waals surface area (Å²) in [5.41, 5.74) is 0. The van der Waals surface area contributed by atoms with Gasteiger partial charge in [-0.25, -0.2) is 9.18 Å². The summed E-state index contributed by atoms with van der Waals surface area (Å²) in [7, 11) is 1.20. The molecule has 0 spiro atoms. The number of hydrogen-bond acceptors (Lipinski definition) is 4. The number of carbonyl (C=O) groups is 2. The van der Waals surface area contributed by atoms with Crippen LogP contribution in [0.3, 0.4) is 0 Å². The molecule has 5 nitrogen and oxygen atoms in total. The van der Waals surface area contributed by atoms with E-state index in [-0.39, 0.29) is 18.3 Å². The molecule has 0 aliphatic rings. The molecule has 1 unspecified atom stereocenters. The molecule has 0 saturated heterocycles. The molecule has 1 rings (SSSR count). The van der Waals surface area contributed by atoms with Crippen LogP contribution in [-0.2, 0) is 14.3 Å². The van der Waals surface area contributed by atoms with Gasteiger partial charge in [0.1, 0.15) is 18.2 Å². The number of benzene rings is 1. The third-order valence-corrected chi connectivity index (χ3v) is 2.81. The second-order valence-electron chi connectivity index (χ2n) is 3.66. The highest BCUT2D eigenvalue weighted by atomic mass is 79.9. The highest BCUT2D eigenvalue weighted by Crippen LogP contribution is 2.20. The van der Waals surface area contributed by atoms with Crippen LogP contribution in [0.2, 0.25) is 0 Å². The summed E-state index contributed by atoms with van der Waals surface area (Å²) >= 11 is 3.01. The van der Waals surface area contributed by atoms with Gasteiger partial charge >= 0.3 is 5.97 Å². The van der Waals surface area contributed by atoms with Crippen LogP contribution in [0.15, 0.2) is 22.7 Å². The number of methoxy groups -OCH3 is 1. The molecule has 0 radical (unpaired) electrons. The SMILES string of the molecule is COC(=O)C(COc1ccc(Br)c(F)c1)NC(C)=O. The number of ether oxygens (including phenoxy) is 2. The number of carbonyl (C=O) groups excluding carboxylic acids is 2. The summed E-state index contributed by atoms with van der Waals surface area (Å²) in [6.45, 7) is 1.13. The summed E-state index contributed by atoms with van der Waals surface area (Å²) in [6.07, 6.45) is 0. The zero-order valence-corrected chi connectivity index (χ0v) is 12.0. The number of halogens is 2.